The molecule has 1 N–H and O–H groups in total. The molecule has 0 unspecified atom stereocenters. The molecule has 6 nitrogen and oxygen atoms in total. The monoisotopic (exact) mass is 221 g/mol. The van der Waals surface area contributed by atoms with Gasteiger partial charge < -0.3 is 9.84 Å². The van der Waals surface area contributed by atoms with Crippen LogP contribution in [0.5, 0.6) is 0 Å². The van der Waals surface area contributed by atoms with E-state index in [9.17, 15) is 4.79 Å². The number of fused-ring (bicyclic) bond motifs is 1. The largest absolute Gasteiger partial charge is 0.478 e. The number of pyridine rings is 1. The van der Waals surface area contributed by atoms with Crippen LogP contribution in [0.1, 0.15) is 16.1 Å². The fourth-order valence-electron chi connectivity index (χ4n) is 1.55. The van der Waals surface area contributed by atoms with Crippen LogP contribution < -0.4 is 0 Å². The van der Waals surface area contributed by atoms with Crippen LogP contribution in [0.2, 0.25) is 0 Å². The number of rotatable bonds is 3. The summed E-state index contributed by atoms with van der Waals surface area (Å²) in [5, 5.41) is 13.8. The molecule has 0 saturated carbocycles. The van der Waals surface area contributed by atoms with E-state index >= 15 is 0 Å². The molecule has 0 saturated heterocycles. The first-order chi connectivity index (χ1) is 7.63. The number of nitrogens with zero attached hydrogens (tertiary/aromatic N) is 3. The summed E-state index contributed by atoms with van der Waals surface area (Å²) in [4.78, 5) is 14.8. The molecule has 2 heterocycles. The van der Waals surface area contributed by atoms with Gasteiger partial charge in [-0.15, -0.1) is 0 Å². The predicted molar refractivity (Wildman–Crippen MR) is 56.2 cm³/mol. The Hall–Kier alpha value is -1.95. The van der Waals surface area contributed by atoms with E-state index < -0.39 is 5.97 Å². The Bertz CT molecular complexity index is 547. The molecule has 2 aromatic heterocycles. The lowest BCUT2D eigenvalue weighted by Gasteiger charge is -2.00. The van der Waals surface area contributed by atoms with Crippen molar-refractivity contribution in [1.82, 2.24) is 14.8 Å². The zero-order valence-corrected chi connectivity index (χ0v) is 8.97. The summed E-state index contributed by atoms with van der Waals surface area (Å²) < 4.78 is 6.69. The van der Waals surface area contributed by atoms with Crippen molar-refractivity contribution in [3.8, 4) is 0 Å². The summed E-state index contributed by atoms with van der Waals surface area (Å²) in [5.74, 6) is -0.999. The van der Waals surface area contributed by atoms with E-state index in [2.05, 4.69) is 10.1 Å². The number of aryl methyl sites for hydroxylation is 1. The highest BCUT2D eigenvalue weighted by Crippen LogP contribution is 2.18. The zero-order valence-electron chi connectivity index (χ0n) is 8.97. The van der Waals surface area contributed by atoms with Crippen molar-refractivity contribution >= 4 is 17.0 Å². The van der Waals surface area contributed by atoms with Gasteiger partial charge in [0.25, 0.3) is 0 Å². The highest BCUT2D eigenvalue weighted by Gasteiger charge is 2.12. The van der Waals surface area contributed by atoms with Crippen molar-refractivity contribution in [2.24, 2.45) is 7.05 Å². The summed E-state index contributed by atoms with van der Waals surface area (Å²) in [6, 6.07) is 1.56. The molecular formula is C10H11N3O3. The van der Waals surface area contributed by atoms with Gasteiger partial charge in [0.15, 0.2) is 5.65 Å². The Morgan fingerprint density at radius 3 is 3.00 bits per heavy atom. The van der Waals surface area contributed by atoms with Crippen molar-refractivity contribution in [3.63, 3.8) is 0 Å². The number of hydrogen-bond acceptors (Lipinski definition) is 4. The second-order valence-corrected chi connectivity index (χ2v) is 3.40. The standard InChI is InChI=1S/C10H11N3O3/c1-13-8(5-16-2)7-3-6(10(14)15)4-11-9(7)12-13/h3-4H,5H2,1-2H3,(H,14,15). The van der Waals surface area contributed by atoms with Crippen molar-refractivity contribution in [3.05, 3.63) is 23.5 Å². The Balaban J connectivity index is 2.64. The van der Waals surface area contributed by atoms with Crippen LogP contribution >= 0.6 is 0 Å². The van der Waals surface area contributed by atoms with E-state index in [0.717, 1.165) is 5.69 Å². The van der Waals surface area contributed by atoms with Gasteiger partial charge in [-0.1, -0.05) is 0 Å². The second-order valence-electron chi connectivity index (χ2n) is 3.40. The summed E-state index contributed by atoms with van der Waals surface area (Å²) in [7, 11) is 3.35. The lowest BCUT2D eigenvalue weighted by molar-refractivity contribution is 0.0696. The lowest BCUT2D eigenvalue weighted by Crippen LogP contribution is -1.99. The second kappa shape index (κ2) is 3.90. The normalized spacial score (nSPS) is 10.9. The molecule has 16 heavy (non-hydrogen) atoms. The average molecular weight is 221 g/mol. The van der Waals surface area contributed by atoms with Gasteiger partial charge in [-0.2, -0.15) is 5.10 Å². The van der Waals surface area contributed by atoms with Crippen LogP contribution in [0, 0.1) is 0 Å². The maximum absolute atomic E-state index is 10.8. The SMILES string of the molecule is COCc1c2cc(C(=O)O)cnc2nn1C. The minimum Gasteiger partial charge on any atom is -0.478 e. The first-order valence-electron chi connectivity index (χ1n) is 4.67. The van der Waals surface area contributed by atoms with Crippen LogP contribution in [0.4, 0.5) is 0 Å². The fraction of sp³-hybridized carbons (Fsp3) is 0.300. The molecule has 0 bridgehead atoms. The van der Waals surface area contributed by atoms with Gasteiger partial charge in [-0.3, -0.25) is 4.68 Å². The van der Waals surface area contributed by atoms with Crippen LogP contribution in [0.25, 0.3) is 11.0 Å². The van der Waals surface area contributed by atoms with E-state index in [1.165, 1.54) is 6.20 Å². The minimum atomic E-state index is -0.999. The fourth-order valence-corrected chi connectivity index (χ4v) is 1.55. The average Bonchev–Trinajstić information content (AvgIpc) is 2.55. The van der Waals surface area contributed by atoms with Crippen LogP contribution in [0.15, 0.2) is 12.3 Å². The van der Waals surface area contributed by atoms with E-state index in [4.69, 9.17) is 9.84 Å². The zero-order chi connectivity index (χ0) is 11.7. The number of carbonyl (C=O) groups is 1. The number of carboxylic acid groups (broad SMARTS) is 1. The number of methoxy groups -OCH3 is 1. The molecule has 0 spiro atoms. The van der Waals surface area contributed by atoms with Crippen molar-refractivity contribution < 1.29 is 14.6 Å². The molecule has 0 aromatic carbocycles. The molecule has 0 aliphatic carbocycles. The van der Waals surface area contributed by atoms with Gasteiger partial charge in [-0.05, 0) is 6.07 Å². The van der Waals surface area contributed by atoms with Crippen LogP contribution in [-0.2, 0) is 18.4 Å². The summed E-state index contributed by atoms with van der Waals surface area (Å²) in [5.41, 5.74) is 1.49. The molecule has 0 aliphatic heterocycles. The quantitative estimate of drug-likeness (QED) is 0.829. The third-order valence-electron chi connectivity index (χ3n) is 2.34. The van der Waals surface area contributed by atoms with Gasteiger partial charge in [0.1, 0.15) is 0 Å². The van der Waals surface area contributed by atoms with Crippen LogP contribution in [-0.4, -0.2) is 33.0 Å². The molecule has 84 valence electrons. The molecule has 6 heteroatoms. The topological polar surface area (TPSA) is 77.2 Å². The predicted octanol–water partition coefficient (Wildman–Crippen LogP) is 0.813. The van der Waals surface area contributed by atoms with E-state index in [1.54, 1.807) is 24.9 Å². The number of carboxylic acids is 1. The van der Waals surface area contributed by atoms with Gasteiger partial charge in [0, 0.05) is 25.7 Å². The van der Waals surface area contributed by atoms with Crippen molar-refractivity contribution in [2.45, 2.75) is 6.61 Å². The Kier molecular flexibility index (Phi) is 2.57. The van der Waals surface area contributed by atoms with E-state index in [0.29, 0.717) is 17.6 Å². The van der Waals surface area contributed by atoms with E-state index in [-0.39, 0.29) is 5.56 Å². The Labute approximate surface area is 91.5 Å². The van der Waals surface area contributed by atoms with Gasteiger partial charge in [0.05, 0.1) is 17.9 Å². The van der Waals surface area contributed by atoms with Gasteiger partial charge >= 0.3 is 5.97 Å². The molecule has 0 fully saturated rings. The number of aromatic nitrogens is 3. The summed E-state index contributed by atoms with van der Waals surface area (Å²) in [6.45, 7) is 0.373. The molecule has 0 radical (unpaired) electrons. The van der Waals surface area contributed by atoms with Crippen molar-refractivity contribution in [1.29, 1.82) is 0 Å². The van der Waals surface area contributed by atoms with Crippen molar-refractivity contribution in [2.75, 3.05) is 7.11 Å². The molecule has 2 aromatic rings. The van der Waals surface area contributed by atoms with E-state index in [1.807, 2.05) is 0 Å². The summed E-state index contributed by atoms with van der Waals surface area (Å²) >= 11 is 0. The first-order valence-corrected chi connectivity index (χ1v) is 4.67. The minimum absolute atomic E-state index is 0.151. The third kappa shape index (κ3) is 1.63. The highest BCUT2D eigenvalue weighted by molar-refractivity contribution is 5.92. The number of hydrogen-bond donors (Lipinski definition) is 1. The number of ether oxygens (including phenoxy) is 1. The number of aromatic carboxylic acids is 1. The maximum Gasteiger partial charge on any atom is 0.337 e. The molecule has 0 aliphatic rings. The molecule has 0 amide bonds. The summed E-state index contributed by atoms with van der Waals surface area (Å²) in [6.07, 6.45) is 1.30. The molecule has 0 atom stereocenters. The first kappa shape index (κ1) is 10.6. The Morgan fingerprint density at radius 1 is 1.62 bits per heavy atom. The lowest BCUT2D eigenvalue weighted by atomic mass is 10.2. The Morgan fingerprint density at radius 2 is 2.38 bits per heavy atom. The maximum atomic E-state index is 10.8. The molecular weight excluding hydrogens is 210 g/mol. The molecule has 2 rings (SSSR count). The third-order valence-corrected chi connectivity index (χ3v) is 2.34. The van der Waals surface area contributed by atoms with Gasteiger partial charge in [0.2, 0.25) is 0 Å². The highest BCUT2D eigenvalue weighted by atomic mass is 16.5. The van der Waals surface area contributed by atoms with Crippen LogP contribution in [0.3, 0.4) is 0 Å². The smallest absolute Gasteiger partial charge is 0.337 e. The van der Waals surface area contributed by atoms with Gasteiger partial charge in [-0.25, -0.2) is 9.78 Å².